The maximum atomic E-state index is 4.68. The van der Waals surface area contributed by atoms with Crippen LogP contribution in [0.5, 0.6) is 0 Å². The maximum Gasteiger partial charge on any atom is 0.215 e. The van der Waals surface area contributed by atoms with Crippen LogP contribution in [0.25, 0.3) is 77.1 Å². The minimum absolute atomic E-state index is 0.993. The van der Waals surface area contributed by atoms with E-state index in [1.807, 2.05) is 19.9 Å². The molecule has 0 unspecified atom stereocenters. The summed E-state index contributed by atoms with van der Waals surface area (Å²) in [5.74, 6) is 0.993. The van der Waals surface area contributed by atoms with Crippen molar-refractivity contribution in [1.82, 2.24) is 23.1 Å². The second kappa shape index (κ2) is 14.0. The number of aromatic nitrogens is 5. The van der Waals surface area contributed by atoms with Crippen LogP contribution in [0.2, 0.25) is 0 Å². The summed E-state index contributed by atoms with van der Waals surface area (Å²) in [6, 6.07) is 61.3. The third-order valence-electron chi connectivity index (χ3n) is 9.74. The zero-order valence-corrected chi connectivity index (χ0v) is 30.0. The van der Waals surface area contributed by atoms with E-state index in [-0.39, 0.29) is 0 Å². The van der Waals surface area contributed by atoms with Gasteiger partial charge in [0.05, 0.1) is 33.1 Å². The number of para-hydroxylation sites is 9. The van der Waals surface area contributed by atoms with Crippen LogP contribution in [0, 0.1) is 0 Å². The summed E-state index contributed by atoms with van der Waals surface area (Å²) in [5, 5.41) is 5.29. The molecule has 11 aromatic rings. The van der Waals surface area contributed by atoms with Gasteiger partial charge in [-0.3, -0.25) is 4.40 Å². The lowest BCUT2D eigenvalue weighted by Gasteiger charge is -2.06. The zero-order valence-electron chi connectivity index (χ0n) is 30.0. The highest BCUT2D eigenvalue weighted by atomic mass is 15.2. The molecule has 0 aliphatic rings. The fourth-order valence-electron chi connectivity index (χ4n) is 7.42. The Kier molecular flexibility index (Phi) is 8.76. The molecule has 11 rings (SSSR count). The van der Waals surface area contributed by atoms with Gasteiger partial charge in [0, 0.05) is 52.4 Å². The molecular formula is C47H41N5. The van der Waals surface area contributed by atoms with Gasteiger partial charge in [-0.2, -0.15) is 0 Å². The van der Waals surface area contributed by atoms with E-state index in [1.165, 1.54) is 65.8 Å². The highest BCUT2D eigenvalue weighted by molar-refractivity contribution is 6.09. The predicted molar refractivity (Wildman–Crippen MR) is 222 cm³/mol. The van der Waals surface area contributed by atoms with Crippen molar-refractivity contribution >= 4 is 71.5 Å². The lowest BCUT2D eigenvalue weighted by atomic mass is 10.2. The van der Waals surface area contributed by atoms with Crippen LogP contribution in [-0.4, -0.2) is 23.1 Å². The fraction of sp³-hybridized carbons (Fsp3) is 0.0851. The Labute approximate surface area is 303 Å². The first-order valence-corrected chi connectivity index (χ1v) is 18.0. The van der Waals surface area contributed by atoms with Gasteiger partial charge < -0.3 is 13.7 Å². The SMILES string of the molecule is CC.Cn1c2ccccc2c2ccccc21.Cn1c2ccccc2n2c3ccccc3nc12.c1ccc(-n2c3ccccc3c3ccccc32)cc1. The Hall–Kier alpha value is -6.59. The number of hydrogen-bond acceptors (Lipinski definition) is 1. The smallest absolute Gasteiger partial charge is 0.215 e. The average Bonchev–Trinajstić information content (AvgIpc) is 3.94. The van der Waals surface area contributed by atoms with E-state index in [0.717, 1.165) is 11.3 Å². The van der Waals surface area contributed by atoms with E-state index in [2.05, 4.69) is 207 Å². The zero-order chi connectivity index (χ0) is 35.6. The predicted octanol–water partition coefficient (Wildman–Crippen LogP) is 12.1. The molecule has 0 bridgehead atoms. The van der Waals surface area contributed by atoms with Crippen molar-refractivity contribution in [3.63, 3.8) is 0 Å². The standard InChI is InChI=1S/C18H13N.C14H11N3.C13H11N.C2H6/c1-2-8-14(9-3-1)19-17-12-6-4-10-15(17)16-11-5-7-13-18(16)19;1-16-12-8-4-5-9-13(12)17-11-7-3-2-6-10(11)15-14(16)17;1-14-12-8-4-2-6-10(12)11-7-3-5-9-13(11)14;1-2/h1-13H;2-9H,1H3;2-9H,1H3;1-2H3. The molecular weight excluding hydrogens is 635 g/mol. The molecule has 5 nitrogen and oxygen atoms in total. The van der Waals surface area contributed by atoms with Crippen LogP contribution >= 0.6 is 0 Å². The molecule has 0 amide bonds. The molecule has 0 saturated heterocycles. The molecule has 0 fully saturated rings. The van der Waals surface area contributed by atoms with Gasteiger partial charge in [-0.15, -0.1) is 0 Å². The van der Waals surface area contributed by atoms with E-state index in [0.29, 0.717) is 0 Å². The third kappa shape index (κ3) is 5.48. The first-order chi connectivity index (χ1) is 25.7. The largest absolute Gasteiger partial charge is 0.344 e. The summed E-state index contributed by atoms with van der Waals surface area (Å²) in [6.07, 6.45) is 0. The number of hydrogen-bond donors (Lipinski definition) is 0. The van der Waals surface area contributed by atoms with Gasteiger partial charge in [0.15, 0.2) is 0 Å². The second-order valence-corrected chi connectivity index (χ2v) is 12.6. The van der Waals surface area contributed by atoms with Crippen molar-refractivity contribution in [3.8, 4) is 5.69 Å². The van der Waals surface area contributed by atoms with Gasteiger partial charge >= 0.3 is 0 Å². The molecule has 0 atom stereocenters. The Bertz CT molecular complexity index is 2850. The highest BCUT2D eigenvalue weighted by Crippen LogP contribution is 2.32. The van der Waals surface area contributed by atoms with Crippen LogP contribution in [0.3, 0.4) is 0 Å². The Morgan fingerprint density at radius 2 is 0.731 bits per heavy atom. The molecule has 4 heterocycles. The molecule has 0 aliphatic heterocycles. The first kappa shape index (κ1) is 32.6. The summed E-state index contributed by atoms with van der Waals surface area (Å²) < 4.78 is 8.91. The van der Waals surface area contributed by atoms with Crippen LogP contribution in [-0.2, 0) is 14.1 Å². The Morgan fingerprint density at radius 3 is 1.27 bits per heavy atom. The number of aryl methyl sites for hydroxylation is 2. The van der Waals surface area contributed by atoms with Crippen LogP contribution in [0.4, 0.5) is 0 Å². The first-order valence-electron chi connectivity index (χ1n) is 18.0. The monoisotopic (exact) mass is 675 g/mol. The van der Waals surface area contributed by atoms with Gasteiger partial charge in [-0.25, -0.2) is 4.98 Å². The lowest BCUT2D eigenvalue weighted by molar-refractivity contribution is 0.973. The van der Waals surface area contributed by atoms with E-state index >= 15 is 0 Å². The lowest BCUT2D eigenvalue weighted by Crippen LogP contribution is -1.92. The number of rotatable bonds is 1. The van der Waals surface area contributed by atoms with Gasteiger partial charge in [0.1, 0.15) is 0 Å². The van der Waals surface area contributed by atoms with Crippen molar-refractivity contribution in [2.24, 2.45) is 14.1 Å². The molecule has 254 valence electrons. The molecule has 0 saturated carbocycles. The van der Waals surface area contributed by atoms with E-state index < -0.39 is 0 Å². The summed E-state index contributed by atoms with van der Waals surface area (Å²) in [7, 11) is 4.17. The molecule has 4 aromatic heterocycles. The summed E-state index contributed by atoms with van der Waals surface area (Å²) in [5.41, 5.74) is 11.0. The summed E-state index contributed by atoms with van der Waals surface area (Å²) in [6.45, 7) is 4.00. The molecule has 0 spiro atoms. The summed E-state index contributed by atoms with van der Waals surface area (Å²) >= 11 is 0. The maximum absolute atomic E-state index is 4.68. The molecule has 0 aliphatic carbocycles. The van der Waals surface area contributed by atoms with Crippen molar-refractivity contribution in [2.45, 2.75) is 13.8 Å². The van der Waals surface area contributed by atoms with Crippen LogP contribution in [0.1, 0.15) is 13.8 Å². The number of fused-ring (bicyclic) bond motifs is 11. The Morgan fingerprint density at radius 1 is 0.346 bits per heavy atom. The quantitative estimate of drug-likeness (QED) is 0.170. The van der Waals surface area contributed by atoms with E-state index in [4.69, 9.17) is 0 Å². The van der Waals surface area contributed by atoms with Crippen LogP contribution < -0.4 is 0 Å². The van der Waals surface area contributed by atoms with Gasteiger partial charge in [-0.05, 0) is 60.7 Å². The minimum atomic E-state index is 0.993. The van der Waals surface area contributed by atoms with Crippen molar-refractivity contribution in [1.29, 1.82) is 0 Å². The van der Waals surface area contributed by atoms with Gasteiger partial charge in [-0.1, -0.05) is 129 Å². The van der Waals surface area contributed by atoms with Crippen LogP contribution in [0.15, 0.2) is 176 Å². The van der Waals surface area contributed by atoms with Crippen molar-refractivity contribution in [2.75, 3.05) is 0 Å². The number of imidazole rings is 2. The normalized spacial score (nSPS) is 11.1. The third-order valence-corrected chi connectivity index (χ3v) is 9.74. The van der Waals surface area contributed by atoms with Crippen molar-refractivity contribution in [3.05, 3.63) is 176 Å². The molecule has 0 radical (unpaired) electrons. The molecule has 0 N–H and O–H groups in total. The van der Waals surface area contributed by atoms with Gasteiger partial charge in [0.25, 0.3) is 0 Å². The number of nitrogens with zero attached hydrogens (tertiary/aromatic N) is 5. The van der Waals surface area contributed by atoms with Crippen molar-refractivity contribution < 1.29 is 0 Å². The second-order valence-electron chi connectivity index (χ2n) is 12.6. The summed E-state index contributed by atoms with van der Waals surface area (Å²) in [4.78, 5) is 4.68. The minimum Gasteiger partial charge on any atom is -0.344 e. The average molecular weight is 676 g/mol. The topological polar surface area (TPSA) is 32.1 Å². The Balaban J connectivity index is 0.000000110. The highest BCUT2D eigenvalue weighted by Gasteiger charge is 2.13. The van der Waals surface area contributed by atoms with Gasteiger partial charge in [0.2, 0.25) is 5.78 Å². The molecule has 52 heavy (non-hydrogen) atoms. The molecule has 5 heteroatoms. The van der Waals surface area contributed by atoms with E-state index in [9.17, 15) is 0 Å². The molecule has 7 aromatic carbocycles. The van der Waals surface area contributed by atoms with E-state index in [1.54, 1.807) is 0 Å². The number of benzene rings is 7. The fourth-order valence-corrected chi connectivity index (χ4v) is 7.42.